The number of hydrogen-bond acceptors (Lipinski definition) is 5. The van der Waals surface area contributed by atoms with Crippen LogP contribution in [-0.4, -0.2) is 41.1 Å². The molecule has 6 heteroatoms. The van der Waals surface area contributed by atoms with Crippen LogP contribution in [0.25, 0.3) is 5.69 Å². The standard InChI is InChI=1S/C15H21N5O/c1-11(2)14-8-15(16)20(18-14)13-7-12(9-17-10-13)19-3-5-21-6-4-19/h7-11H,3-6,16H2,1-2H3. The molecule has 2 aromatic heterocycles. The predicted octanol–water partition coefficient (Wildman–Crippen LogP) is 1.81. The number of hydrogen-bond donors (Lipinski definition) is 1. The fourth-order valence-corrected chi connectivity index (χ4v) is 2.43. The van der Waals surface area contributed by atoms with Crippen molar-refractivity contribution in [2.45, 2.75) is 19.8 Å². The second-order valence-electron chi connectivity index (χ2n) is 5.56. The highest BCUT2D eigenvalue weighted by Gasteiger charge is 2.14. The van der Waals surface area contributed by atoms with Gasteiger partial charge in [-0.25, -0.2) is 4.68 Å². The highest BCUT2D eigenvalue weighted by atomic mass is 16.5. The minimum absolute atomic E-state index is 0.351. The Morgan fingerprint density at radius 2 is 1.86 bits per heavy atom. The van der Waals surface area contributed by atoms with E-state index < -0.39 is 0 Å². The first-order chi connectivity index (χ1) is 10.1. The third-order valence-electron chi connectivity index (χ3n) is 3.68. The van der Waals surface area contributed by atoms with Gasteiger partial charge in [0.25, 0.3) is 0 Å². The lowest BCUT2D eigenvalue weighted by Crippen LogP contribution is -2.36. The highest BCUT2D eigenvalue weighted by Crippen LogP contribution is 2.22. The van der Waals surface area contributed by atoms with Crippen LogP contribution < -0.4 is 10.6 Å². The van der Waals surface area contributed by atoms with Gasteiger partial charge in [-0.1, -0.05) is 13.8 Å². The molecule has 2 aromatic rings. The lowest BCUT2D eigenvalue weighted by molar-refractivity contribution is 0.122. The molecule has 0 spiro atoms. The normalized spacial score (nSPS) is 15.7. The minimum atomic E-state index is 0.351. The van der Waals surface area contributed by atoms with Crippen molar-refractivity contribution in [3.63, 3.8) is 0 Å². The van der Waals surface area contributed by atoms with Crippen LogP contribution >= 0.6 is 0 Å². The molecule has 2 N–H and O–H groups in total. The van der Waals surface area contributed by atoms with Gasteiger partial charge in [-0.3, -0.25) is 4.98 Å². The Morgan fingerprint density at radius 3 is 2.52 bits per heavy atom. The highest BCUT2D eigenvalue weighted by molar-refractivity contribution is 5.53. The Bertz CT molecular complexity index is 616. The van der Waals surface area contributed by atoms with Gasteiger partial charge >= 0.3 is 0 Å². The molecule has 0 aromatic carbocycles. The van der Waals surface area contributed by atoms with Crippen molar-refractivity contribution in [1.82, 2.24) is 14.8 Å². The Hall–Kier alpha value is -2.08. The molecule has 0 saturated carbocycles. The van der Waals surface area contributed by atoms with Crippen molar-refractivity contribution in [1.29, 1.82) is 0 Å². The predicted molar refractivity (Wildman–Crippen MR) is 82.9 cm³/mol. The summed E-state index contributed by atoms with van der Waals surface area (Å²) < 4.78 is 7.14. The second kappa shape index (κ2) is 5.73. The zero-order valence-corrected chi connectivity index (χ0v) is 12.5. The van der Waals surface area contributed by atoms with E-state index in [-0.39, 0.29) is 0 Å². The van der Waals surface area contributed by atoms with Gasteiger partial charge in [0.1, 0.15) is 5.82 Å². The first kappa shape index (κ1) is 13.9. The molecular formula is C15H21N5O. The number of rotatable bonds is 3. The van der Waals surface area contributed by atoms with E-state index in [0.717, 1.165) is 43.4 Å². The molecule has 112 valence electrons. The molecule has 3 rings (SSSR count). The Kier molecular flexibility index (Phi) is 3.79. The van der Waals surface area contributed by atoms with Crippen LogP contribution in [0.2, 0.25) is 0 Å². The van der Waals surface area contributed by atoms with Crippen LogP contribution in [0.1, 0.15) is 25.5 Å². The number of nitrogen functional groups attached to an aromatic ring is 1. The fraction of sp³-hybridized carbons (Fsp3) is 0.467. The smallest absolute Gasteiger partial charge is 0.127 e. The average Bonchev–Trinajstić information content (AvgIpc) is 2.91. The first-order valence-corrected chi connectivity index (χ1v) is 7.28. The van der Waals surface area contributed by atoms with Gasteiger partial charge in [-0.2, -0.15) is 5.10 Å². The van der Waals surface area contributed by atoms with E-state index >= 15 is 0 Å². The molecular weight excluding hydrogens is 266 g/mol. The Balaban J connectivity index is 1.92. The summed E-state index contributed by atoms with van der Waals surface area (Å²) in [5.74, 6) is 0.989. The summed E-state index contributed by atoms with van der Waals surface area (Å²) in [5.41, 5.74) is 9.04. The summed E-state index contributed by atoms with van der Waals surface area (Å²) in [6.45, 7) is 7.49. The van der Waals surface area contributed by atoms with Crippen LogP contribution in [0.4, 0.5) is 11.5 Å². The number of nitrogens with two attached hydrogens (primary N) is 1. The summed E-state index contributed by atoms with van der Waals surface area (Å²) in [5, 5.41) is 4.57. The van der Waals surface area contributed by atoms with Crippen LogP contribution in [0.5, 0.6) is 0 Å². The fourth-order valence-electron chi connectivity index (χ4n) is 2.43. The van der Waals surface area contributed by atoms with Gasteiger partial charge < -0.3 is 15.4 Å². The molecule has 21 heavy (non-hydrogen) atoms. The summed E-state index contributed by atoms with van der Waals surface area (Å²) >= 11 is 0. The number of anilines is 2. The van der Waals surface area contributed by atoms with E-state index in [9.17, 15) is 0 Å². The van der Waals surface area contributed by atoms with E-state index in [1.54, 1.807) is 10.9 Å². The van der Waals surface area contributed by atoms with Gasteiger partial charge in [0.2, 0.25) is 0 Å². The maximum Gasteiger partial charge on any atom is 0.127 e. The SMILES string of the molecule is CC(C)c1cc(N)n(-c2cncc(N3CCOCC3)c2)n1. The van der Waals surface area contributed by atoms with E-state index in [1.165, 1.54) is 0 Å². The topological polar surface area (TPSA) is 69.2 Å². The third kappa shape index (κ3) is 2.85. The molecule has 1 aliphatic heterocycles. The zero-order valence-electron chi connectivity index (χ0n) is 12.5. The largest absolute Gasteiger partial charge is 0.384 e. The first-order valence-electron chi connectivity index (χ1n) is 7.28. The molecule has 0 aliphatic carbocycles. The van der Waals surface area contributed by atoms with Crippen molar-refractivity contribution in [3.8, 4) is 5.69 Å². The summed E-state index contributed by atoms with van der Waals surface area (Å²) in [6, 6.07) is 4.00. The second-order valence-corrected chi connectivity index (χ2v) is 5.56. The molecule has 0 amide bonds. The molecule has 0 bridgehead atoms. The quantitative estimate of drug-likeness (QED) is 0.932. The monoisotopic (exact) mass is 287 g/mol. The van der Waals surface area contributed by atoms with E-state index in [0.29, 0.717) is 11.7 Å². The van der Waals surface area contributed by atoms with Crippen LogP contribution in [0.3, 0.4) is 0 Å². The van der Waals surface area contributed by atoms with E-state index in [4.69, 9.17) is 10.5 Å². The van der Waals surface area contributed by atoms with Crippen molar-refractivity contribution in [2.75, 3.05) is 36.9 Å². The van der Waals surface area contributed by atoms with Crippen molar-refractivity contribution < 1.29 is 4.74 Å². The van der Waals surface area contributed by atoms with Gasteiger partial charge in [-0.05, 0) is 12.0 Å². The van der Waals surface area contributed by atoms with Crippen molar-refractivity contribution >= 4 is 11.5 Å². The minimum Gasteiger partial charge on any atom is -0.384 e. The van der Waals surface area contributed by atoms with Crippen molar-refractivity contribution in [2.24, 2.45) is 0 Å². The average molecular weight is 287 g/mol. The van der Waals surface area contributed by atoms with Crippen LogP contribution in [0, 0.1) is 0 Å². The maximum atomic E-state index is 6.08. The number of nitrogens with zero attached hydrogens (tertiary/aromatic N) is 4. The summed E-state index contributed by atoms with van der Waals surface area (Å²) in [7, 11) is 0. The van der Waals surface area contributed by atoms with E-state index in [1.807, 2.05) is 12.3 Å². The molecule has 1 fully saturated rings. The van der Waals surface area contributed by atoms with Gasteiger partial charge in [0.15, 0.2) is 0 Å². The zero-order chi connectivity index (χ0) is 14.8. The summed E-state index contributed by atoms with van der Waals surface area (Å²) in [4.78, 5) is 6.60. The number of ether oxygens (including phenoxy) is 1. The Labute approximate surface area is 124 Å². The van der Waals surface area contributed by atoms with Gasteiger partial charge in [0.05, 0.1) is 42.7 Å². The third-order valence-corrected chi connectivity index (χ3v) is 3.68. The molecule has 3 heterocycles. The molecule has 1 aliphatic rings. The molecule has 0 atom stereocenters. The Morgan fingerprint density at radius 1 is 1.14 bits per heavy atom. The lowest BCUT2D eigenvalue weighted by Gasteiger charge is -2.28. The van der Waals surface area contributed by atoms with E-state index in [2.05, 4.69) is 34.9 Å². The maximum absolute atomic E-state index is 6.08. The number of pyridine rings is 1. The number of morpholine rings is 1. The lowest BCUT2D eigenvalue weighted by atomic mass is 10.1. The molecule has 1 saturated heterocycles. The van der Waals surface area contributed by atoms with Crippen LogP contribution in [0.15, 0.2) is 24.5 Å². The summed E-state index contributed by atoms with van der Waals surface area (Å²) in [6.07, 6.45) is 3.66. The van der Waals surface area contributed by atoms with Crippen LogP contribution in [-0.2, 0) is 4.74 Å². The number of aromatic nitrogens is 3. The van der Waals surface area contributed by atoms with Gasteiger partial charge in [-0.15, -0.1) is 0 Å². The van der Waals surface area contributed by atoms with Crippen molar-refractivity contribution in [3.05, 3.63) is 30.2 Å². The molecule has 6 nitrogen and oxygen atoms in total. The van der Waals surface area contributed by atoms with Gasteiger partial charge in [0, 0.05) is 19.2 Å². The molecule has 0 unspecified atom stereocenters. The molecule has 0 radical (unpaired) electrons.